The molecule has 0 radical (unpaired) electrons. The maximum absolute atomic E-state index is 6.29. The minimum atomic E-state index is 0. The van der Waals surface area contributed by atoms with Gasteiger partial charge in [-0.2, -0.15) is 5.56 Å². The zero-order chi connectivity index (χ0) is 22.4. The quantitative estimate of drug-likeness (QED) is 0.295. The van der Waals surface area contributed by atoms with Gasteiger partial charge in [0.05, 0.1) is 5.75 Å². The van der Waals surface area contributed by atoms with Gasteiger partial charge in [0.2, 0.25) is 0 Å². The van der Waals surface area contributed by atoms with Gasteiger partial charge in [-0.05, 0) is 30.3 Å². The molecule has 0 spiro atoms. The van der Waals surface area contributed by atoms with Crippen molar-refractivity contribution in [1.29, 1.82) is 0 Å². The van der Waals surface area contributed by atoms with Crippen LogP contribution >= 0.6 is 23.2 Å². The summed E-state index contributed by atoms with van der Waals surface area (Å²) in [6.45, 7) is 0. The summed E-state index contributed by atoms with van der Waals surface area (Å²) in [5, 5.41) is 1.61. The van der Waals surface area contributed by atoms with Crippen molar-refractivity contribution in [2.75, 3.05) is 0 Å². The molecule has 4 aromatic rings. The van der Waals surface area contributed by atoms with Gasteiger partial charge in [-0.25, -0.2) is 12.2 Å². The Balaban J connectivity index is 0.000000185. The largest absolute Gasteiger partial charge is 4.00 e. The molecule has 1 heterocycles. The standard InChI is InChI=1S/C15H8ClO.C15H10Cl.2ClH.Zr/c16-13-6-7-14-12-5-4-11(15(12)13)9-2-1-3-10(8-9)17-14;16-14-8-4-7-12-9-10-13(15(12)14)11-5-2-1-3-6-11;;;/h1-3,5-8,11H;1-9,13H;2*1H;/q2*-1;;;+4/p-2. The van der Waals surface area contributed by atoms with E-state index in [1.165, 1.54) is 22.3 Å². The molecule has 1 nitrogen and oxygen atoms in total. The predicted molar refractivity (Wildman–Crippen MR) is 135 cm³/mol. The van der Waals surface area contributed by atoms with E-state index < -0.39 is 0 Å². The van der Waals surface area contributed by atoms with Crippen LogP contribution in [0.3, 0.4) is 0 Å². The first kappa shape index (κ1) is 28.8. The average molecular weight is 628 g/mol. The number of ether oxygens (including phenoxy) is 1. The van der Waals surface area contributed by atoms with E-state index >= 15 is 0 Å². The minimum absolute atomic E-state index is 0. The fraction of sp³-hybridized carbons (Fsp3) is 0.0667. The second-order valence-corrected chi connectivity index (χ2v) is 9.00. The first-order valence-electron chi connectivity index (χ1n) is 10.8. The van der Waals surface area contributed by atoms with Crippen LogP contribution in [0.5, 0.6) is 11.5 Å². The molecule has 2 atom stereocenters. The maximum atomic E-state index is 6.29. The Kier molecular flexibility index (Phi) is 9.72. The van der Waals surface area contributed by atoms with Crippen molar-refractivity contribution in [2.45, 2.75) is 11.8 Å². The summed E-state index contributed by atoms with van der Waals surface area (Å²) in [7, 11) is 0. The van der Waals surface area contributed by atoms with Gasteiger partial charge in [0, 0.05) is 10.0 Å². The molecule has 0 saturated heterocycles. The Morgan fingerprint density at radius 3 is 2.11 bits per heavy atom. The third-order valence-corrected chi connectivity index (χ3v) is 6.87. The van der Waals surface area contributed by atoms with E-state index in [-0.39, 0.29) is 62.9 Å². The van der Waals surface area contributed by atoms with Gasteiger partial charge in [0.15, 0.2) is 0 Å². The zero-order valence-electron chi connectivity index (χ0n) is 18.8. The molecule has 0 aromatic heterocycles. The molecular weight excluding hydrogens is 609 g/mol. The van der Waals surface area contributed by atoms with Gasteiger partial charge in [0.1, 0.15) is 5.75 Å². The number of rotatable bonds is 1. The Hall–Kier alpha value is -1.80. The summed E-state index contributed by atoms with van der Waals surface area (Å²) in [6, 6.07) is 28.3. The van der Waals surface area contributed by atoms with E-state index in [1.807, 2.05) is 66.7 Å². The fourth-order valence-corrected chi connectivity index (χ4v) is 5.23. The van der Waals surface area contributed by atoms with Crippen LogP contribution in [0.4, 0.5) is 0 Å². The van der Waals surface area contributed by atoms with Gasteiger partial charge < -0.3 is 29.6 Å². The normalized spacial score (nSPS) is 16.5. The Morgan fingerprint density at radius 1 is 0.639 bits per heavy atom. The smallest absolute Gasteiger partial charge is 1.00 e. The van der Waals surface area contributed by atoms with Crippen molar-refractivity contribution in [3.8, 4) is 11.5 Å². The summed E-state index contributed by atoms with van der Waals surface area (Å²) in [5.74, 6) is 2.06. The Bertz CT molecular complexity index is 1430. The summed E-state index contributed by atoms with van der Waals surface area (Å²) in [5.41, 5.74) is 6.95. The molecule has 0 saturated carbocycles. The molecule has 0 N–H and O–H groups in total. The molecule has 6 heteroatoms. The van der Waals surface area contributed by atoms with Crippen LogP contribution in [0.2, 0.25) is 10.0 Å². The maximum Gasteiger partial charge on any atom is 4.00 e. The van der Waals surface area contributed by atoms with Crippen molar-refractivity contribution in [3.63, 3.8) is 0 Å². The molecule has 1 aliphatic heterocycles. The molecule has 0 amide bonds. The van der Waals surface area contributed by atoms with Crippen molar-refractivity contribution < 1.29 is 55.8 Å². The number of halogens is 4. The molecule has 2 aliphatic carbocycles. The molecule has 0 fully saturated rings. The van der Waals surface area contributed by atoms with Crippen LogP contribution in [0.15, 0.2) is 84.9 Å². The second-order valence-electron chi connectivity index (χ2n) is 8.19. The van der Waals surface area contributed by atoms with Gasteiger partial charge in [-0.1, -0.05) is 94.7 Å². The van der Waals surface area contributed by atoms with Crippen LogP contribution in [-0.4, -0.2) is 0 Å². The summed E-state index contributed by atoms with van der Waals surface area (Å²) >= 11 is 12.5. The summed E-state index contributed by atoms with van der Waals surface area (Å²) in [6.07, 6.45) is 10.7. The van der Waals surface area contributed by atoms with Gasteiger partial charge >= 0.3 is 26.2 Å². The SMILES string of the molecule is Clc1ccc2c3c1C([C-]=C3)c1cccc(c1)O2.Clc1cccc2c1C(c1ccccc1)[C-]=C2.[Cl-].[Cl-].[Zr+4]. The topological polar surface area (TPSA) is 9.23 Å². The second kappa shape index (κ2) is 12.2. The van der Waals surface area contributed by atoms with Crippen molar-refractivity contribution in [3.05, 3.63) is 141 Å². The van der Waals surface area contributed by atoms with Crippen LogP contribution in [0, 0.1) is 12.2 Å². The van der Waals surface area contributed by atoms with Crippen molar-refractivity contribution >= 4 is 35.4 Å². The fourth-order valence-electron chi connectivity index (χ4n) is 4.67. The van der Waals surface area contributed by atoms with Gasteiger partial charge in [0.25, 0.3) is 0 Å². The average Bonchev–Trinajstić information content (AvgIpc) is 3.49. The van der Waals surface area contributed by atoms with E-state index in [0.717, 1.165) is 32.7 Å². The molecule has 2 unspecified atom stereocenters. The third-order valence-electron chi connectivity index (χ3n) is 6.21. The number of hydrogen-bond acceptors (Lipinski definition) is 1. The third kappa shape index (κ3) is 5.26. The number of fused-ring (bicyclic) bond motifs is 4. The van der Waals surface area contributed by atoms with E-state index in [0.29, 0.717) is 0 Å². The number of benzene rings is 4. The van der Waals surface area contributed by atoms with Crippen molar-refractivity contribution in [2.24, 2.45) is 0 Å². The Labute approximate surface area is 253 Å². The van der Waals surface area contributed by atoms with E-state index in [2.05, 4.69) is 42.5 Å². The number of hydrogen-bond donors (Lipinski definition) is 0. The molecule has 6 bridgehead atoms. The van der Waals surface area contributed by atoms with Crippen LogP contribution in [0.25, 0.3) is 12.2 Å². The molecule has 3 aliphatic rings. The van der Waals surface area contributed by atoms with Crippen molar-refractivity contribution in [1.82, 2.24) is 0 Å². The zero-order valence-corrected chi connectivity index (χ0v) is 24.3. The predicted octanol–water partition coefficient (Wildman–Crippen LogP) is 2.71. The van der Waals surface area contributed by atoms with Gasteiger partial charge in [-0.15, -0.1) is 22.8 Å². The minimum Gasteiger partial charge on any atom is -1.00 e. The number of allylic oxidation sites excluding steroid dienone is 2. The first-order chi connectivity index (χ1) is 16.2. The van der Waals surface area contributed by atoms with Gasteiger partial charge in [-0.3, -0.25) is 12.2 Å². The summed E-state index contributed by atoms with van der Waals surface area (Å²) < 4.78 is 5.87. The molecule has 36 heavy (non-hydrogen) atoms. The molecule has 176 valence electrons. The summed E-state index contributed by atoms with van der Waals surface area (Å²) in [4.78, 5) is 0. The monoisotopic (exact) mass is 624 g/mol. The van der Waals surface area contributed by atoms with Crippen LogP contribution < -0.4 is 29.6 Å². The van der Waals surface area contributed by atoms with Crippen LogP contribution in [-0.2, 0) is 26.2 Å². The first-order valence-corrected chi connectivity index (χ1v) is 11.6. The van der Waals surface area contributed by atoms with E-state index in [9.17, 15) is 0 Å². The van der Waals surface area contributed by atoms with E-state index in [1.54, 1.807) is 0 Å². The van der Waals surface area contributed by atoms with E-state index in [4.69, 9.17) is 27.9 Å². The molecule has 7 rings (SSSR count). The molecule has 4 aromatic carbocycles. The molecular formula is C30H18Cl4OZr. The van der Waals surface area contributed by atoms with Crippen LogP contribution in [0.1, 0.15) is 45.2 Å². The Morgan fingerprint density at radius 2 is 1.31 bits per heavy atom.